The molecule has 0 bridgehead atoms. The number of nitrogens with one attached hydrogen (secondary N) is 1. The Morgan fingerprint density at radius 3 is 2.62 bits per heavy atom. The number of para-hydroxylation sites is 3. The zero-order chi connectivity index (χ0) is 20.2. The molecule has 146 valence electrons. The van der Waals surface area contributed by atoms with Crippen molar-refractivity contribution in [1.29, 1.82) is 0 Å². The van der Waals surface area contributed by atoms with Gasteiger partial charge in [0.2, 0.25) is 5.91 Å². The standard InChI is InChI=1S/C24H22N2O2S/c1-3-26-19-9-5-7-11-22(19)29-23-16-17(12-14-20(23)26)13-15-24(27)25-18-8-4-6-10-21(18)28-2/h4-16H,3H2,1-2H3,(H,25,27)/b15-13+. The highest BCUT2D eigenvalue weighted by atomic mass is 32.2. The van der Waals surface area contributed by atoms with Crippen molar-refractivity contribution in [3.8, 4) is 5.75 Å². The van der Waals surface area contributed by atoms with E-state index in [0.29, 0.717) is 11.4 Å². The minimum absolute atomic E-state index is 0.194. The fourth-order valence-corrected chi connectivity index (χ4v) is 4.53. The maximum atomic E-state index is 12.3. The van der Waals surface area contributed by atoms with Crippen molar-refractivity contribution in [2.24, 2.45) is 0 Å². The molecular formula is C24H22N2O2S. The van der Waals surface area contributed by atoms with Crippen LogP contribution in [0, 0.1) is 0 Å². The van der Waals surface area contributed by atoms with Crippen molar-refractivity contribution in [3.05, 3.63) is 78.4 Å². The molecule has 1 heterocycles. The van der Waals surface area contributed by atoms with Gasteiger partial charge in [-0.3, -0.25) is 4.79 Å². The molecule has 0 aromatic heterocycles. The second-order valence-corrected chi connectivity index (χ2v) is 7.65. The minimum Gasteiger partial charge on any atom is -0.495 e. The van der Waals surface area contributed by atoms with Gasteiger partial charge in [-0.2, -0.15) is 0 Å². The molecule has 0 saturated heterocycles. The van der Waals surface area contributed by atoms with Crippen LogP contribution in [0.4, 0.5) is 17.1 Å². The van der Waals surface area contributed by atoms with Crippen molar-refractivity contribution in [3.63, 3.8) is 0 Å². The van der Waals surface area contributed by atoms with Crippen molar-refractivity contribution < 1.29 is 9.53 Å². The first-order chi connectivity index (χ1) is 14.2. The summed E-state index contributed by atoms with van der Waals surface area (Å²) in [5.74, 6) is 0.443. The third-order valence-electron chi connectivity index (χ3n) is 4.76. The lowest BCUT2D eigenvalue weighted by molar-refractivity contribution is -0.111. The zero-order valence-corrected chi connectivity index (χ0v) is 17.2. The summed E-state index contributed by atoms with van der Waals surface area (Å²) in [6.07, 6.45) is 3.38. The van der Waals surface area contributed by atoms with Crippen molar-refractivity contribution in [1.82, 2.24) is 0 Å². The molecule has 0 unspecified atom stereocenters. The van der Waals surface area contributed by atoms with Crippen LogP contribution in [0.3, 0.4) is 0 Å². The molecule has 4 rings (SSSR count). The van der Waals surface area contributed by atoms with Gasteiger partial charge in [-0.1, -0.05) is 42.1 Å². The first kappa shape index (κ1) is 19.2. The lowest BCUT2D eigenvalue weighted by Gasteiger charge is -2.32. The van der Waals surface area contributed by atoms with Crippen molar-refractivity contribution >= 4 is 40.8 Å². The number of anilines is 3. The van der Waals surface area contributed by atoms with E-state index in [1.807, 2.05) is 36.4 Å². The molecule has 0 aliphatic carbocycles. The van der Waals surface area contributed by atoms with Gasteiger partial charge in [-0.25, -0.2) is 0 Å². The first-order valence-electron chi connectivity index (χ1n) is 9.50. The average Bonchev–Trinajstić information content (AvgIpc) is 2.76. The smallest absolute Gasteiger partial charge is 0.248 e. The van der Waals surface area contributed by atoms with E-state index in [-0.39, 0.29) is 5.91 Å². The fraction of sp³-hybridized carbons (Fsp3) is 0.125. The largest absolute Gasteiger partial charge is 0.495 e. The molecule has 3 aromatic rings. The lowest BCUT2D eigenvalue weighted by Crippen LogP contribution is -2.19. The molecule has 1 aliphatic rings. The van der Waals surface area contributed by atoms with E-state index >= 15 is 0 Å². The Bertz CT molecular complexity index is 1080. The predicted octanol–water partition coefficient (Wildman–Crippen LogP) is 5.97. The molecule has 29 heavy (non-hydrogen) atoms. The highest BCUT2D eigenvalue weighted by molar-refractivity contribution is 7.99. The Balaban J connectivity index is 1.53. The van der Waals surface area contributed by atoms with Gasteiger partial charge >= 0.3 is 0 Å². The third-order valence-corrected chi connectivity index (χ3v) is 5.87. The normalized spacial score (nSPS) is 12.4. The van der Waals surface area contributed by atoms with E-state index in [4.69, 9.17) is 4.74 Å². The molecule has 0 radical (unpaired) electrons. The third kappa shape index (κ3) is 4.00. The molecule has 3 aromatic carbocycles. The second kappa shape index (κ2) is 8.45. The summed E-state index contributed by atoms with van der Waals surface area (Å²) >= 11 is 1.76. The van der Waals surface area contributed by atoms with E-state index in [1.165, 1.54) is 21.2 Å². The quantitative estimate of drug-likeness (QED) is 0.534. The van der Waals surface area contributed by atoms with Crippen LogP contribution >= 0.6 is 11.8 Å². The summed E-state index contributed by atoms with van der Waals surface area (Å²) in [6.45, 7) is 3.06. The molecule has 1 N–H and O–H groups in total. The van der Waals surface area contributed by atoms with E-state index in [0.717, 1.165) is 12.1 Å². The van der Waals surface area contributed by atoms with Crippen LogP contribution in [0.25, 0.3) is 6.08 Å². The van der Waals surface area contributed by atoms with Gasteiger partial charge in [0.15, 0.2) is 0 Å². The molecule has 0 atom stereocenters. The van der Waals surface area contributed by atoms with E-state index in [1.54, 1.807) is 24.9 Å². The lowest BCUT2D eigenvalue weighted by atomic mass is 10.1. The first-order valence-corrected chi connectivity index (χ1v) is 10.3. The number of fused-ring (bicyclic) bond motifs is 2. The summed E-state index contributed by atoms with van der Waals surface area (Å²) in [4.78, 5) is 17.1. The SMILES string of the molecule is CCN1c2ccccc2Sc2cc(/C=C/C(=O)Nc3ccccc3OC)ccc21. The van der Waals surface area contributed by atoms with Crippen molar-refractivity contribution in [2.75, 3.05) is 23.9 Å². The van der Waals surface area contributed by atoms with Gasteiger partial charge in [0.25, 0.3) is 0 Å². The number of ether oxygens (including phenoxy) is 1. The highest BCUT2D eigenvalue weighted by Crippen LogP contribution is 2.48. The number of benzene rings is 3. The number of carbonyl (C=O) groups excluding carboxylic acids is 1. The predicted molar refractivity (Wildman–Crippen MR) is 120 cm³/mol. The summed E-state index contributed by atoms with van der Waals surface area (Å²) in [6, 6.07) is 22.1. The molecular weight excluding hydrogens is 380 g/mol. The minimum atomic E-state index is -0.194. The van der Waals surface area contributed by atoms with Crippen LogP contribution in [0.5, 0.6) is 5.75 Å². The topological polar surface area (TPSA) is 41.6 Å². The number of hydrogen-bond acceptors (Lipinski definition) is 4. The Hall–Kier alpha value is -3.18. The van der Waals surface area contributed by atoms with Crippen LogP contribution in [-0.4, -0.2) is 19.6 Å². The van der Waals surface area contributed by atoms with Crippen LogP contribution in [0.2, 0.25) is 0 Å². The number of carbonyl (C=O) groups is 1. The Morgan fingerprint density at radius 2 is 1.79 bits per heavy atom. The number of methoxy groups -OCH3 is 1. The van der Waals surface area contributed by atoms with Gasteiger partial charge in [0.05, 0.1) is 24.2 Å². The number of rotatable bonds is 5. The fourth-order valence-electron chi connectivity index (χ4n) is 3.39. The van der Waals surface area contributed by atoms with E-state index in [9.17, 15) is 4.79 Å². The number of nitrogens with zero attached hydrogens (tertiary/aromatic N) is 1. The van der Waals surface area contributed by atoms with Crippen LogP contribution in [0.15, 0.2) is 82.6 Å². The van der Waals surface area contributed by atoms with E-state index in [2.05, 4.69) is 53.5 Å². The summed E-state index contributed by atoms with van der Waals surface area (Å²) in [7, 11) is 1.59. The number of amides is 1. The van der Waals surface area contributed by atoms with Gasteiger partial charge in [0, 0.05) is 22.4 Å². The Labute approximate surface area is 175 Å². The highest BCUT2D eigenvalue weighted by Gasteiger charge is 2.21. The summed E-state index contributed by atoms with van der Waals surface area (Å²) in [5, 5.41) is 2.86. The van der Waals surface area contributed by atoms with Crippen LogP contribution < -0.4 is 15.0 Å². The molecule has 5 heteroatoms. The maximum Gasteiger partial charge on any atom is 0.248 e. The molecule has 1 amide bonds. The number of hydrogen-bond donors (Lipinski definition) is 1. The maximum absolute atomic E-state index is 12.3. The Kier molecular flexibility index (Phi) is 5.58. The molecule has 0 saturated carbocycles. The summed E-state index contributed by atoms with van der Waals surface area (Å²) in [5.41, 5.74) is 4.08. The van der Waals surface area contributed by atoms with Crippen molar-refractivity contribution in [2.45, 2.75) is 16.7 Å². The zero-order valence-electron chi connectivity index (χ0n) is 16.4. The van der Waals surface area contributed by atoms with Crippen LogP contribution in [-0.2, 0) is 4.79 Å². The average molecular weight is 403 g/mol. The molecule has 1 aliphatic heterocycles. The molecule has 0 fully saturated rings. The summed E-state index contributed by atoms with van der Waals surface area (Å²) < 4.78 is 5.27. The van der Waals surface area contributed by atoms with E-state index < -0.39 is 0 Å². The Morgan fingerprint density at radius 1 is 1.03 bits per heavy atom. The molecule has 4 nitrogen and oxygen atoms in total. The second-order valence-electron chi connectivity index (χ2n) is 6.56. The van der Waals surface area contributed by atoms with Gasteiger partial charge in [-0.15, -0.1) is 0 Å². The van der Waals surface area contributed by atoms with Crippen LogP contribution in [0.1, 0.15) is 12.5 Å². The molecule has 0 spiro atoms. The van der Waals surface area contributed by atoms with Gasteiger partial charge < -0.3 is 15.0 Å². The van der Waals surface area contributed by atoms with Gasteiger partial charge in [-0.05, 0) is 55.0 Å². The van der Waals surface area contributed by atoms with Gasteiger partial charge in [0.1, 0.15) is 5.75 Å². The monoisotopic (exact) mass is 402 g/mol.